The zero-order chi connectivity index (χ0) is 25.1. The Hall–Kier alpha value is -4.18. The van der Waals surface area contributed by atoms with Crippen LogP contribution in [0.2, 0.25) is 0 Å². The molecule has 0 saturated carbocycles. The first-order valence-electron chi connectivity index (χ1n) is 9.92. The SMILES string of the molecule is NCc1cccc(C(=O)N[C@@H](C(=O)Nc2ccccc2)c2ccccc2)c1.O=C(O)C(F)(F)F. The van der Waals surface area contributed by atoms with Crippen molar-refractivity contribution in [2.45, 2.75) is 18.8 Å². The van der Waals surface area contributed by atoms with Crippen LogP contribution >= 0.6 is 0 Å². The standard InChI is InChI=1S/C22H21N3O2.C2HF3O2/c23-15-16-8-7-11-18(14-16)21(26)25-20(17-9-3-1-4-10-17)22(27)24-19-12-5-2-6-13-19;3-2(4,5)1(6)7/h1-14,20H,15,23H2,(H,24,27)(H,25,26);(H,6,7)/t20-;/m1./s1. The van der Waals surface area contributed by atoms with Gasteiger partial charge in [0.25, 0.3) is 11.8 Å². The van der Waals surface area contributed by atoms with Crippen molar-refractivity contribution in [3.05, 3.63) is 102 Å². The van der Waals surface area contributed by atoms with Gasteiger partial charge in [-0.2, -0.15) is 13.2 Å². The normalized spacial score (nSPS) is 11.4. The zero-order valence-electron chi connectivity index (χ0n) is 17.8. The number of benzene rings is 3. The molecule has 0 radical (unpaired) electrons. The molecule has 0 saturated heterocycles. The van der Waals surface area contributed by atoms with Crippen molar-refractivity contribution >= 4 is 23.5 Å². The second kappa shape index (κ2) is 12.2. The van der Waals surface area contributed by atoms with Crippen molar-refractivity contribution in [2.24, 2.45) is 5.73 Å². The van der Waals surface area contributed by atoms with Gasteiger partial charge < -0.3 is 21.5 Å². The first-order valence-corrected chi connectivity index (χ1v) is 9.92. The lowest BCUT2D eigenvalue weighted by atomic mass is 10.0. The molecule has 0 aromatic heterocycles. The van der Waals surface area contributed by atoms with E-state index in [1.54, 1.807) is 30.3 Å². The number of halogens is 3. The Morgan fingerprint density at radius 1 is 0.882 bits per heavy atom. The lowest BCUT2D eigenvalue weighted by Gasteiger charge is -2.19. The van der Waals surface area contributed by atoms with Crippen LogP contribution in [0, 0.1) is 0 Å². The molecule has 0 aliphatic heterocycles. The third-order valence-electron chi connectivity index (χ3n) is 4.38. The summed E-state index contributed by atoms with van der Waals surface area (Å²) in [6, 6.07) is 24.5. The molecule has 10 heteroatoms. The van der Waals surface area contributed by atoms with E-state index in [2.05, 4.69) is 10.6 Å². The summed E-state index contributed by atoms with van der Waals surface area (Å²) >= 11 is 0. The van der Waals surface area contributed by atoms with E-state index in [0.29, 0.717) is 23.4 Å². The summed E-state index contributed by atoms with van der Waals surface area (Å²) in [7, 11) is 0. The average molecular weight is 473 g/mol. The van der Waals surface area contributed by atoms with Gasteiger partial charge in [-0.05, 0) is 35.4 Å². The lowest BCUT2D eigenvalue weighted by molar-refractivity contribution is -0.192. The summed E-state index contributed by atoms with van der Waals surface area (Å²) in [5, 5.41) is 12.8. The number of para-hydroxylation sites is 1. The molecule has 0 unspecified atom stereocenters. The Kier molecular flexibility index (Phi) is 9.33. The summed E-state index contributed by atoms with van der Waals surface area (Å²) in [6.07, 6.45) is -5.08. The van der Waals surface area contributed by atoms with Gasteiger partial charge >= 0.3 is 12.1 Å². The number of alkyl halides is 3. The molecule has 178 valence electrons. The van der Waals surface area contributed by atoms with Crippen molar-refractivity contribution in [3.8, 4) is 0 Å². The largest absolute Gasteiger partial charge is 0.490 e. The molecule has 7 nitrogen and oxygen atoms in total. The minimum absolute atomic E-state index is 0.310. The summed E-state index contributed by atoms with van der Waals surface area (Å²) in [4.78, 5) is 34.5. The third-order valence-corrected chi connectivity index (χ3v) is 4.38. The van der Waals surface area contributed by atoms with Gasteiger partial charge in [-0.15, -0.1) is 0 Å². The monoisotopic (exact) mass is 473 g/mol. The van der Waals surface area contributed by atoms with E-state index in [-0.39, 0.29) is 11.8 Å². The Bertz CT molecular complexity index is 1110. The Morgan fingerprint density at radius 2 is 1.44 bits per heavy atom. The molecule has 0 aliphatic carbocycles. The van der Waals surface area contributed by atoms with Gasteiger partial charge in [0, 0.05) is 17.8 Å². The highest BCUT2D eigenvalue weighted by Gasteiger charge is 2.38. The molecule has 0 aliphatic rings. The molecule has 34 heavy (non-hydrogen) atoms. The van der Waals surface area contributed by atoms with E-state index >= 15 is 0 Å². The molecule has 3 aromatic rings. The van der Waals surface area contributed by atoms with Crippen LogP contribution in [-0.4, -0.2) is 29.1 Å². The summed E-state index contributed by atoms with van der Waals surface area (Å²) in [5.74, 6) is -3.40. The van der Waals surface area contributed by atoms with E-state index in [1.807, 2.05) is 54.6 Å². The lowest BCUT2D eigenvalue weighted by Crippen LogP contribution is -2.37. The zero-order valence-corrected chi connectivity index (χ0v) is 17.8. The van der Waals surface area contributed by atoms with E-state index in [4.69, 9.17) is 15.6 Å². The summed E-state index contributed by atoms with van der Waals surface area (Å²) in [5.41, 5.74) is 8.34. The molecule has 0 heterocycles. The number of anilines is 1. The fourth-order valence-corrected chi connectivity index (χ4v) is 2.74. The predicted octanol–water partition coefficient (Wildman–Crippen LogP) is 3.89. The van der Waals surface area contributed by atoms with Gasteiger partial charge in [0.05, 0.1) is 0 Å². The molecule has 3 aromatic carbocycles. The molecule has 3 rings (SSSR count). The highest BCUT2D eigenvalue weighted by Crippen LogP contribution is 2.17. The van der Waals surface area contributed by atoms with Crippen LogP contribution < -0.4 is 16.4 Å². The third kappa shape index (κ3) is 8.06. The van der Waals surface area contributed by atoms with E-state index in [1.165, 1.54) is 0 Å². The maximum atomic E-state index is 12.9. The van der Waals surface area contributed by atoms with Gasteiger partial charge in [0.1, 0.15) is 6.04 Å². The molecular weight excluding hydrogens is 451 g/mol. The predicted molar refractivity (Wildman–Crippen MR) is 120 cm³/mol. The van der Waals surface area contributed by atoms with Crippen LogP contribution in [0.4, 0.5) is 18.9 Å². The highest BCUT2D eigenvalue weighted by atomic mass is 19.4. The van der Waals surface area contributed by atoms with Crippen molar-refractivity contribution in [3.63, 3.8) is 0 Å². The quantitative estimate of drug-likeness (QED) is 0.433. The topological polar surface area (TPSA) is 122 Å². The fourth-order valence-electron chi connectivity index (χ4n) is 2.74. The van der Waals surface area contributed by atoms with Crippen molar-refractivity contribution in [1.82, 2.24) is 5.32 Å². The molecule has 0 spiro atoms. The summed E-state index contributed by atoms with van der Waals surface area (Å²) < 4.78 is 31.7. The number of hydrogen-bond acceptors (Lipinski definition) is 4. The van der Waals surface area contributed by atoms with Crippen molar-refractivity contribution in [1.29, 1.82) is 0 Å². The smallest absolute Gasteiger partial charge is 0.475 e. The minimum Gasteiger partial charge on any atom is -0.475 e. The van der Waals surface area contributed by atoms with Crippen LogP contribution in [0.15, 0.2) is 84.9 Å². The second-order valence-corrected chi connectivity index (χ2v) is 6.88. The van der Waals surface area contributed by atoms with Crippen molar-refractivity contribution in [2.75, 3.05) is 5.32 Å². The number of nitrogens with two attached hydrogens (primary N) is 1. The summed E-state index contributed by atoms with van der Waals surface area (Å²) in [6.45, 7) is 0.345. The van der Waals surface area contributed by atoms with Gasteiger partial charge in [0.15, 0.2) is 0 Å². The van der Waals surface area contributed by atoms with E-state index < -0.39 is 18.2 Å². The van der Waals surface area contributed by atoms with Crippen molar-refractivity contribution < 1.29 is 32.7 Å². The van der Waals surface area contributed by atoms with Gasteiger partial charge in [0.2, 0.25) is 0 Å². The number of amides is 2. The van der Waals surface area contributed by atoms with Gasteiger partial charge in [-0.3, -0.25) is 9.59 Å². The van der Waals surface area contributed by atoms with Crippen LogP contribution in [0.5, 0.6) is 0 Å². The van der Waals surface area contributed by atoms with Gasteiger partial charge in [-0.25, -0.2) is 4.79 Å². The first-order chi connectivity index (χ1) is 16.1. The van der Waals surface area contributed by atoms with Crippen LogP contribution in [0.25, 0.3) is 0 Å². The fraction of sp³-hybridized carbons (Fsp3) is 0.125. The van der Waals surface area contributed by atoms with Crippen LogP contribution in [-0.2, 0) is 16.1 Å². The Labute approximate surface area is 193 Å². The number of aliphatic carboxylic acids is 1. The average Bonchev–Trinajstić information content (AvgIpc) is 2.83. The molecular formula is C24H22F3N3O4. The minimum atomic E-state index is -5.08. The Morgan fingerprint density at radius 3 is 1.97 bits per heavy atom. The number of carboxylic acids is 1. The van der Waals surface area contributed by atoms with E-state index in [0.717, 1.165) is 5.56 Å². The number of carboxylic acid groups (broad SMARTS) is 1. The number of hydrogen-bond donors (Lipinski definition) is 4. The van der Waals surface area contributed by atoms with E-state index in [9.17, 15) is 22.8 Å². The molecule has 0 fully saturated rings. The number of carbonyl (C=O) groups excluding carboxylic acids is 2. The molecule has 0 bridgehead atoms. The molecule has 2 amide bonds. The maximum absolute atomic E-state index is 12.9. The second-order valence-electron chi connectivity index (χ2n) is 6.88. The van der Waals surface area contributed by atoms with Crippen LogP contribution in [0.1, 0.15) is 27.5 Å². The number of nitrogens with one attached hydrogen (secondary N) is 2. The molecule has 1 atom stereocenters. The van der Waals surface area contributed by atoms with Crippen LogP contribution in [0.3, 0.4) is 0 Å². The first kappa shape index (κ1) is 26.1. The maximum Gasteiger partial charge on any atom is 0.490 e. The van der Waals surface area contributed by atoms with Gasteiger partial charge in [-0.1, -0.05) is 60.7 Å². The Balaban J connectivity index is 0.000000509. The number of rotatable bonds is 6. The molecule has 5 N–H and O–H groups in total. The number of carbonyl (C=O) groups is 3. The highest BCUT2D eigenvalue weighted by molar-refractivity contribution is 6.01.